The van der Waals surface area contributed by atoms with Crippen molar-refractivity contribution < 1.29 is 32.7 Å². The quantitative estimate of drug-likeness (QED) is 0.607. The zero-order chi connectivity index (χ0) is 22.5. The second-order valence-electron chi connectivity index (χ2n) is 6.43. The fourth-order valence-electron chi connectivity index (χ4n) is 2.83. The van der Waals surface area contributed by atoms with Gasteiger partial charge in [-0.3, -0.25) is 4.79 Å². The van der Waals surface area contributed by atoms with Gasteiger partial charge in [-0.1, -0.05) is 0 Å². The summed E-state index contributed by atoms with van der Waals surface area (Å²) in [5.41, 5.74) is 0.537. The first kappa shape index (κ1) is 21.7. The number of benzene rings is 1. The molecule has 2 heterocycles. The second kappa shape index (κ2) is 9.24. The van der Waals surface area contributed by atoms with Crippen LogP contribution in [-0.4, -0.2) is 47.0 Å². The van der Waals surface area contributed by atoms with Crippen LogP contribution < -0.4 is 16.4 Å². The Morgan fingerprint density at radius 1 is 1.23 bits per heavy atom. The van der Waals surface area contributed by atoms with Gasteiger partial charge in [-0.2, -0.15) is 4.68 Å². The molecule has 2 N–H and O–H groups in total. The molecule has 0 spiro atoms. The van der Waals surface area contributed by atoms with E-state index >= 15 is 0 Å². The van der Waals surface area contributed by atoms with Gasteiger partial charge in [0.05, 0.1) is 23.9 Å². The Kier molecular flexibility index (Phi) is 6.48. The standard InChI is InChI=1S/C19H19FN4O7/c1-3-29-17(26)15-10(2)21-18(27)22-13(15)9-30-14(25)8-24-19(28)31-16(23-24)11-4-6-12(20)7-5-11/h4-7,10H,3,8-9H2,1-2H3,(H2,21,22,27). The van der Waals surface area contributed by atoms with Crippen LogP contribution in [0.5, 0.6) is 0 Å². The summed E-state index contributed by atoms with van der Waals surface area (Å²) in [5, 5.41) is 8.81. The van der Waals surface area contributed by atoms with Crippen molar-refractivity contribution >= 4 is 18.0 Å². The van der Waals surface area contributed by atoms with Gasteiger partial charge in [0.15, 0.2) is 0 Å². The van der Waals surface area contributed by atoms with Crippen LogP contribution >= 0.6 is 0 Å². The van der Waals surface area contributed by atoms with Crippen molar-refractivity contribution in [2.75, 3.05) is 13.2 Å². The van der Waals surface area contributed by atoms with Crippen LogP contribution in [0.4, 0.5) is 9.18 Å². The lowest BCUT2D eigenvalue weighted by atomic mass is 10.0. The molecule has 11 nitrogen and oxygen atoms in total. The number of carbonyl (C=O) groups excluding carboxylic acids is 3. The molecular formula is C19H19FN4O7. The maximum Gasteiger partial charge on any atom is 0.437 e. The Balaban J connectivity index is 1.70. The Bertz CT molecular complexity index is 1090. The summed E-state index contributed by atoms with van der Waals surface area (Å²) in [5.74, 6) is -3.00. The summed E-state index contributed by atoms with van der Waals surface area (Å²) >= 11 is 0. The summed E-state index contributed by atoms with van der Waals surface area (Å²) < 4.78 is 28.8. The fraction of sp³-hybridized carbons (Fsp3) is 0.316. The Morgan fingerprint density at radius 3 is 2.61 bits per heavy atom. The molecule has 1 aliphatic heterocycles. The molecule has 164 valence electrons. The fourth-order valence-corrected chi connectivity index (χ4v) is 2.83. The van der Waals surface area contributed by atoms with Crippen LogP contribution in [-0.2, 0) is 25.6 Å². The molecule has 0 bridgehead atoms. The first-order valence-corrected chi connectivity index (χ1v) is 9.25. The number of carbonyl (C=O) groups is 3. The summed E-state index contributed by atoms with van der Waals surface area (Å²) in [4.78, 5) is 48.0. The minimum absolute atomic E-state index is 0.0718. The van der Waals surface area contributed by atoms with Crippen molar-refractivity contribution in [3.8, 4) is 11.5 Å². The van der Waals surface area contributed by atoms with Crippen LogP contribution in [0.1, 0.15) is 13.8 Å². The van der Waals surface area contributed by atoms with E-state index in [1.807, 2.05) is 0 Å². The minimum atomic E-state index is -0.911. The van der Waals surface area contributed by atoms with Crippen molar-refractivity contribution in [2.24, 2.45) is 0 Å². The number of amides is 2. The molecule has 0 aliphatic carbocycles. The number of hydrogen-bond acceptors (Lipinski definition) is 8. The zero-order valence-electron chi connectivity index (χ0n) is 16.6. The first-order chi connectivity index (χ1) is 14.8. The maximum absolute atomic E-state index is 13.0. The van der Waals surface area contributed by atoms with E-state index in [2.05, 4.69) is 15.7 Å². The molecule has 2 aromatic rings. The Labute approximate surface area is 174 Å². The van der Waals surface area contributed by atoms with Gasteiger partial charge in [0, 0.05) is 5.56 Å². The maximum atomic E-state index is 13.0. The highest BCUT2D eigenvalue weighted by Crippen LogP contribution is 2.16. The van der Waals surface area contributed by atoms with Gasteiger partial charge in [-0.25, -0.2) is 18.8 Å². The Hall–Kier alpha value is -3.96. The van der Waals surface area contributed by atoms with Crippen molar-refractivity contribution in [1.29, 1.82) is 0 Å². The van der Waals surface area contributed by atoms with Gasteiger partial charge in [0.1, 0.15) is 19.0 Å². The van der Waals surface area contributed by atoms with E-state index in [0.29, 0.717) is 5.56 Å². The van der Waals surface area contributed by atoms with Crippen LogP contribution in [0.3, 0.4) is 0 Å². The van der Waals surface area contributed by atoms with E-state index < -0.39 is 48.7 Å². The number of ether oxygens (including phenoxy) is 2. The van der Waals surface area contributed by atoms with Crippen molar-refractivity contribution in [3.63, 3.8) is 0 Å². The highest BCUT2D eigenvalue weighted by atomic mass is 19.1. The number of esters is 2. The third-order valence-corrected chi connectivity index (χ3v) is 4.22. The number of hydrogen-bond donors (Lipinski definition) is 2. The lowest BCUT2D eigenvalue weighted by Gasteiger charge is -2.26. The molecule has 0 fully saturated rings. The summed E-state index contributed by atoms with van der Waals surface area (Å²) in [7, 11) is 0. The van der Waals surface area contributed by atoms with Gasteiger partial charge >= 0.3 is 23.7 Å². The molecule has 12 heteroatoms. The second-order valence-corrected chi connectivity index (χ2v) is 6.43. The predicted octanol–water partition coefficient (Wildman–Crippen LogP) is 0.704. The number of aromatic nitrogens is 2. The minimum Gasteiger partial charge on any atom is -0.463 e. The third kappa shape index (κ3) is 5.15. The van der Waals surface area contributed by atoms with Crippen LogP contribution in [0, 0.1) is 5.82 Å². The molecular weight excluding hydrogens is 415 g/mol. The molecule has 3 rings (SSSR count). The summed E-state index contributed by atoms with van der Waals surface area (Å²) in [6.07, 6.45) is 0. The van der Waals surface area contributed by atoms with Crippen molar-refractivity contribution in [1.82, 2.24) is 20.4 Å². The normalized spacial score (nSPS) is 15.8. The first-order valence-electron chi connectivity index (χ1n) is 9.25. The summed E-state index contributed by atoms with van der Waals surface area (Å²) in [6.45, 7) is 2.34. The summed E-state index contributed by atoms with van der Waals surface area (Å²) in [6, 6.07) is 3.86. The van der Waals surface area contributed by atoms with E-state index in [4.69, 9.17) is 13.9 Å². The molecule has 1 atom stereocenters. The smallest absolute Gasteiger partial charge is 0.437 e. The van der Waals surface area contributed by atoms with Gasteiger partial charge in [-0.15, -0.1) is 5.10 Å². The molecule has 0 saturated carbocycles. The van der Waals surface area contributed by atoms with Gasteiger partial charge in [-0.05, 0) is 38.1 Å². The van der Waals surface area contributed by atoms with Crippen molar-refractivity contribution in [2.45, 2.75) is 26.4 Å². The van der Waals surface area contributed by atoms with Crippen LogP contribution in [0.15, 0.2) is 44.7 Å². The van der Waals surface area contributed by atoms with Crippen LogP contribution in [0.2, 0.25) is 0 Å². The number of rotatable bonds is 7. The molecule has 1 aromatic heterocycles. The molecule has 0 saturated heterocycles. The number of urea groups is 1. The SMILES string of the molecule is CCOC(=O)C1=C(COC(=O)Cn2nc(-c3ccc(F)cc3)oc2=O)NC(=O)NC1C. The highest BCUT2D eigenvalue weighted by Gasteiger charge is 2.30. The largest absolute Gasteiger partial charge is 0.463 e. The van der Waals surface area contributed by atoms with Crippen LogP contribution in [0.25, 0.3) is 11.5 Å². The number of nitrogens with one attached hydrogen (secondary N) is 2. The van der Waals surface area contributed by atoms with E-state index in [0.717, 1.165) is 4.68 Å². The van der Waals surface area contributed by atoms with E-state index in [9.17, 15) is 23.6 Å². The lowest BCUT2D eigenvalue weighted by molar-refractivity contribution is -0.144. The highest BCUT2D eigenvalue weighted by molar-refractivity contribution is 5.94. The van der Waals surface area contributed by atoms with E-state index in [-0.39, 0.29) is 23.8 Å². The van der Waals surface area contributed by atoms with Gasteiger partial charge < -0.3 is 24.5 Å². The molecule has 1 aromatic carbocycles. The predicted molar refractivity (Wildman–Crippen MR) is 102 cm³/mol. The number of halogens is 1. The Morgan fingerprint density at radius 2 is 1.94 bits per heavy atom. The lowest BCUT2D eigenvalue weighted by Crippen LogP contribution is -2.50. The zero-order valence-corrected chi connectivity index (χ0v) is 16.6. The topological polar surface area (TPSA) is 142 Å². The molecule has 2 amide bonds. The average molecular weight is 434 g/mol. The average Bonchev–Trinajstić information content (AvgIpc) is 3.06. The van der Waals surface area contributed by atoms with Gasteiger partial charge in [0.2, 0.25) is 5.89 Å². The third-order valence-electron chi connectivity index (χ3n) is 4.22. The monoisotopic (exact) mass is 434 g/mol. The molecule has 31 heavy (non-hydrogen) atoms. The number of nitrogens with zero attached hydrogens (tertiary/aromatic N) is 2. The molecule has 0 radical (unpaired) electrons. The van der Waals surface area contributed by atoms with E-state index in [1.54, 1.807) is 13.8 Å². The van der Waals surface area contributed by atoms with Crippen molar-refractivity contribution in [3.05, 3.63) is 51.9 Å². The molecule has 1 unspecified atom stereocenters. The molecule has 1 aliphatic rings. The van der Waals surface area contributed by atoms with Gasteiger partial charge in [0.25, 0.3) is 0 Å². The van der Waals surface area contributed by atoms with E-state index in [1.165, 1.54) is 24.3 Å².